The van der Waals surface area contributed by atoms with E-state index in [2.05, 4.69) is 11.1 Å². The Bertz CT molecular complexity index is 580. The highest BCUT2D eigenvalue weighted by Gasteiger charge is 2.21. The molecule has 1 aliphatic rings. The van der Waals surface area contributed by atoms with E-state index in [-0.39, 0.29) is 5.92 Å². The number of aliphatic hydroxyl groups is 1. The lowest BCUT2D eigenvalue weighted by Crippen LogP contribution is -2.04. The normalized spacial score (nSPS) is 20.0. The van der Waals surface area contributed by atoms with Crippen molar-refractivity contribution in [2.45, 2.75) is 12.3 Å². The van der Waals surface area contributed by atoms with Gasteiger partial charge in [-0.3, -0.25) is 0 Å². The molecule has 2 aromatic heterocycles. The molecule has 0 amide bonds. The Hall–Kier alpha value is -2.03. The van der Waals surface area contributed by atoms with Gasteiger partial charge in [-0.25, -0.2) is 4.98 Å². The first-order valence-corrected chi connectivity index (χ1v) is 5.33. The fourth-order valence-corrected chi connectivity index (χ4v) is 2.10. The highest BCUT2D eigenvalue weighted by Crippen LogP contribution is 2.30. The second-order valence-electron chi connectivity index (χ2n) is 3.93. The lowest BCUT2D eigenvalue weighted by molar-refractivity contribution is 0.364. The summed E-state index contributed by atoms with van der Waals surface area (Å²) in [5, 5.41) is 9.86. The first-order valence-electron chi connectivity index (χ1n) is 5.33. The SMILES string of the molecule is OC1=CC=CCC1c1ncn2ccccc12. The molecule has 0 saturated carbocycles. The molecule has 16 heavy (non-hydrogen) atoms. The molecule has 0 bridgehead atoms. The van der Waals surface area contributed by atoms with Gasteiger partial charge in [-0.1, -0.05) is 18.2 Å². The van der Waals surface area contributed by atoms with E-state index in [1.807, 2.05) is 34.9 Å². The number of aromatic nitrogens is 2. The standard InChI is InChI=1S/C13H12N2O/c16-12-7-2-1-5-10(12)13-11-6-3-4-8-15(11)9-14-13/h1-4,6-10,16H,5H2. The van der Waals surface area contributed by atoms with Crippen molar-refractivity contribution >= 4 is 5.52 Å². The molecule has 1 aliphatic carbocycles. The first kappa shape index (κ1) is 9.21. The van der Waals surface area contributed by atoms with Crippen molar-refractivity contribution in [2.75, 3.05) is 0 Å². The molecular weight excluding hydrogens is 200 g/mol. The Kier molecular flexibility index (Phi) is 2.03. The molecule has 1 atom stereocenters. The molecule has 1 unspecified atom stereocenters. The average Bonchev–Trinajstić information content (AvgIpc) is 2.74. The van der Waals surface area contributed by atoms with E-state index in [4.69, 9.17) is 0 Å². The van der Waals surface area contributed by atoms with Crippen LogP contribution in [-0.4, -0.2) is 14.5 Å². The summed E-state index contributed by atoms with van der Waals surface area (Å²) in [6.07, 6.45) is 10.2. The number of imidazole rings is 1. The van der Waals surface area contributed by atoms with E-state index >= 15 is 0 Å². The number of fused-ring (bicyclic) bond motifs is 1. The van der Waals surface area contributed by atoms with Gasteiger partial charge in [0, 0.05) is 6.20 Å². The minimum atomic E-state index is -0.00241. The Balaban J connectivity index is 2.13. The topological polar surface area (TPSA) is 37.5 Å². The zero-order valence-corrected chi connectivity index (χ0v) is 8.74. The van der Waals surface area contributed by atoms with E-state index in [0.717, 1.165) is 17.6 Å². The van der Waals surface area contributed by atoms with Crippen LogP contribution >= 0.6 is 0 Å². The summed E-state index contributed by atoms with van der Waals surface area (Å²) < 4.78 is 1.97. The second kappa shape index (κ2) is 3.52. The molecule has 2 heterocycles. The monoisotopic (exact) mass is 212 g/mol. The van der Waals surface area contributed by atoms with Crippen LogP contribution in [0.1, 0.15) is 18.0 Å². The molecule has 0 spiro atoms. The van der Waals surface area contributed by atoms with Gasteiger partial charge in [0.2, 0.25) is 0 Å². The zero-order chi connectivity index (χ0) is 11.0. The summed E-state index contributed by atoms with van der Waals surface area (Å²) in [6, 6.07) is 5.98. The van der Waals surface area contributed by atoms with Gasteiger partial charge in [-0.2, -0.15) is 0 Å². The summed E-state index contributed by atoms with van der Waals surface area (Å²) >= 11 is 0. The van der Waals surface area contributed by atoms with Gasteiger partial charge in [-0.15, -0.1) is 0 Å². The van der Waals surface area contributed by atoms with E-state index in [0.29, 0.717) is 5.76 Å². The van der Waals surface area contributed by atoms with Gasteiger partial charge in [0.05, 0.1) is 23.5 Å². The zero-order valence-electron chi connectivity index (χ0n) is 8.74. The molecule has 3 heteroatoms. The number of pyridine rings is 1. The molecule has 80 valence electrons. The van der Waals surface area contributed by atoms with Crippen molar-refractivity contribution in [1.29, 1.82) is 0 Å². The summed E-state index contributed by atoms with van der Waals surface area (Å²) in [6.45, 7) is 0. The second-order valence-corrected chi connectivity index (χ2v) is 3.93. The predicted molar refractivity (Wildman–Crippen MR) is 62.4 cm³/mol. The number of hydrogen-bond acceptors (Lipinski definition) is 2. The number of aliphatic hydroxyl groups excluding tert-OH is 1. The number of nitrogens with zero attached hydrogens (tertiary/aromatic N) is 2. The Morgan fingerprint density at radius 2 is 2.31 bits per heavy atom. The summed E-state index contributed by atoms with van der Waals surface area (Å²) in [7, 11) is 0. The smallest absolute Gasteiger partial charge is 0.102 e. The third kappa shape index (κ3) is 1.33. The highest BCUT2D eigenvalue weighted by atomic mass is 16.3. The van der Waals surface area contributed by atoms with Gasteiger partial charge >= 0.3 is 0 Å². The van der Waals surface area contributed by atoms with E-state index in [9.17, 15) is 5.11 Å². The van der Waals surface area contributed by atoms with Crippen LogP contribution in [0.4, 0.5) is 0 Å². The predicted octanol–water partition coefficient (Wildman–Crippen LogP) is 2.82. The van der Waals surface area contributed by atoms with Crippen molar-refractivity contribution in [2.24, 2.45) is 0 Å². The van der Waals surface area contributed by atoms with Crippen molar-refractivity contribution in [3.05, 3.63) is 60.4 Å². The largest absolute Gasteiger partial charge is 0.512 e. The molecule has 0 fully saturated rings. The molecule has 0 radical (unpaired) electrons. The van der Waals surface area contributed by atoms with E-state index in [1.165, 1.54) is 0 Å². The van der Waals surface area contributed by atoms with Gasteiger partial charge < -0.3 is 9.51 Å². The summed E-state index contributed by atoms with van der Waals surface area (Å²) in [4.78, 5) is 4.40. The van der Waals surface area contributed by atoms with Crippen LogP contribution in [0.3, 0.4) is 0 Å². The maximum absolute atomic E-state index is 9.86. The maximum atomic E-state index is 9.86. The van der Waals surface area contributed by atoms with E-state index < -0.39 is 0 Å². The number of hydrogen-bond donors (Lipinski definition) is 1. The Labute approximate surface area is 93.4 Å². The third-order valence-electron chi connectivity index (χ3n) is 2.94. The first-order chi connectivity index (χ1) is 7.86. The molecule has 0 aromatic carbocycles. The summed E-state index contributed by atoms with van der Waals surface area (Å²) in [5.41, 5.74) is 2.00. The maximum Gasteiger partial charge on any atom is 0.102 e. The van der Waals surface area contributed by atoms with Crippen molar-refractivity contribution < 1.29 is 5.11 Å². The minimum Gasteiger partial charge on any atom is -0.512 e. The Morgan fingerprint density at radius 3 is 3.19 bits per heavy atom. The van der Waals surface area contributed by atoms with Crippen LogP contribution in [0.5, 0.6) is 0 Å². The van der Waals surface area contributed by atoms with Crippen LogP contribution in [0.15, 0.2) is 54.7 Å². The molecule has 0 saturated heterocycles. The molecule has 0 aliphatic heterocycles. The van der Waals surface area contributed by atoms with Gasteiger partial charge in [0.25, 0.3) is 0 Å². The Morgan fingerprint density at radius 1 is 1.38 bits per heavy atom. The lowest BCUT2D eigenvalue weighted by Gasteiger charge is -2.15. The van der Waals surface area contributed by atoms with E-state index in [1.54, 1.807) is 12.4 Å². The van der Waals surface area contributed by atoms with Crippen LogP contribution in [0, 0.1) is 0 Å². The fourth-order valence-electron chi connectivity index (χ4n) is 2.10. The van der Waals surface area contributed by atoms with Crippen molar-refractivity contribution in [1.82, 2.24) is 9.38 Å². The van der Waals surface area contributed by atoms with Gasteiger partial charge in [0.1, 0.15) is 5.76 Å². The summed E-state index contributed by atoms with van der Waals surface area (Å²) in [5.74, 6) is 0.393. The minimum absolute atomic E-state index is 0.00241. The van der Waals surface area contributed by atoms with Crippen LogP contribution in [0.2, 0.25) is 0 Å². The third-order valence-corrected chi connectivity index (χ3v) is 2.94. The number of allylic oxidation sites excluding steroid dienone is 4. The highest BCUT2D eigenvalue weighted by molar-refractivity contribution is 5.55. The number of rotatable bonds is 1. The molecule has 1 N–H and O–H groups in total. The van der Waals surface area contributed by atoms with Crippen molar-refractivity contribution in [3.63, 3.8) is 0 Å². The molecule has 2 aromatic rings. The van der Waals surface area contributed by atoms with Crippen LogP contribution in [0.25, 0.3) is 5.52 Å². The van der Waals surface area contributed by atoms with Gasteiger partial charge in [0.15, 0.2) is 0 Å². The fraction of sp³-hybridized carbons (Fsp3) is 0.154. The average molecular weight is 212 g/mol. The van der Waals surface area contributed by atoms with Crippen LogP contribution < -0.4 is 0 Å². The lowest BCUT2D eigenvalue weighted by atomic mass is 9.94. The molecule has 3 nitrogen and oxygen atoms in total. The van der Waals surface area contributed by atoms with Crippen molar-refractivity contribution in [3.8, 4) is 0 Å². The van der Waals surface area contributed by atoms with Crippen LogP contribution in [-0.2, 0) is 0 Å². The molecular formula is C13H12N2O. The quantitative estimate of drug-likeness (QED) is 0.789. The van der Waals surface area contributed by atoms with Gasteiger partial charge in [-0.05, 0) is 24.6 Å². The molecule has 3 rings (SSSR count).